The minimum atomic E-state index is -0.147. The zero-order valence-corrected chi connectivity index (χ0v) is 8.62. The predicted molar refractivity (Wildman–Crippen MR) is 52.7 cm³/mol. The van der Waals surface area contributed by atoms with Crippen LogP contribution < -0.4 is 5.32 Å². The van der Waals surface area contributed by atoms with Crippen molar-refractivity contribution in [3.05, 3.63) is 0 Å². The molecule has 1 rings (SSSR count). The smallest absolute Gasteiger partial charge is 0.0693 e. The molecule has 0 spiro atoms. The molecule has 2 N–H and O–H groups in total. The normalized spacial score (nSPS) is 30.7. The summed E-state index contributed by atoms with van der Waals surface area (Å²) in [7, 11) is 1.72. The predicted octanol–water partition coefficient (Wildman–Crippen LogP) is 0.914. The summed E-state index contributed by atoms with van der Waals surface area (Å²) in [5, 5.41) is 13.0. The van der Waals surface area contributed by atoms with Crippen LogP contribution in [0.15, 0.2) is 0 Å². The molecule has 1 fully saturated rings. The van der Waals surface area contributed by atoms with Crippen molar-refractivity contribution in [3.8, 4) is 0 Å². The zero-order chi connectivity index (χ0) is 9.68. The standard InChI is InChI=1S/C10H21NO2/c1-3-8(7-13-2)11-9-5-4-6-10(9)12/h8-12H,3-7H2,1-2H3/t8?,9-,10-/m1/s1. The minimum absolute atomic E-state index is 0.147. The highest BCUT2D eigenvalue weighted by molar-refractivity contribution is 4.85. The molecule has 3 atom stereocenters. The maximum Gasteiger partial charge on any atom is 0.0693 e. The van der Waals surface area contributed by atoms with Crippen molar-refractivity contribution >= 4 is 0 Å². The van der Waals surface area contributed by atoms with Gasteiger partial charge in [-0.2, -0.15) is 0 Å². The molecule has 0 saturated heterocycles. The first-order valence-electron chi connectivity index (χ1n) is 5.21. The summed E-state index contributed by atoms with van der Waals surface area (Å²) < 4.78 is 5.10. The van der Waals surface area contributed by atoms with Crippen molar-refractivity contribution < 1.29 is 9.84 Å². The van der Waals surface area contributed by atoms with Crippen molar-refractivity contribution in [2.24, 2.45) is 0 Å². The van der Waals surface area contributed by atoms with Crippen LogP contribution in [-0.2, 0) is 4.74 Å². The molecule has 0 aromatic rings. The van der Waals surface area contributed by atoms with Crippen molar-refractivity contribution in [1.29, 1.82) is 0 Å². The van der Waals surface area contributed by atoms with Crippen LogP contribution in [-0.4, -0.2) is 37.0 Å². The Kier molecular flexibility index (Phi) is 4.70. The second kappa shape index (κ2) is 5.58. The third kappa shape index (κ3) is 3.25. The second-order valence-electron chi connectivity index (χ2n) is 3.83. The van der Waals surface area contributed by atoms with Crippen LogP contribution in [0.2, 0.25) is 0 Å². The van der Waals surface area contributed by atoms with Crippen LogP contribution >= 0.6 is 0 Å². The highest BCUT2D eigenvalue weighted by Gasteiger charge is 2.26. The molecular formula is C10H21NO2. The molecular weight excluding hydrogens is 166 g/mol. The van der Waals surface area contributed by atoms with Crippen LogP contribution in [0, 0.1) is 0 Å². The van der Waals surface area contributed by atoms with Crippen molar-refractivity contribution in [3.63, 3.8) is 0 Å². The van der Waals surface area contributed by atoms with Gasteiger partial charge in [-0.25, -0.2) is 0 Å². The van der Waals surface area contributed by atoms with E-state index < -0.39 is 0 Å². The van der Waals surface area contributed by atoms with E-state index in [1.807, 2.05) is 0 Å². The summed E-state index contributed by atoms with van der Waals surface area (Å²) in [6.45, 7) is 2.87. The van der Waals surface area contributed by atoms with Crippen LogP contribution in [0.5, 0.6) is 0 Å². The molecule has 0 bridgehead atoms. The fourth-order valence-electron chi connectivity index (χ4n) is 1.92. The van der Waals surface area contributed by atoms with Gasteiger partial charge < -0.3 is 15.2 Å². The molecule has 1 saturated carbocycles. The molecule has 3 nitrogen and oxygen atoms in total. The van der Waals surface area contributed by atoms with Gasteiger partial charge in [0.15, 0.2) is 0 Å². The molecule has 13 heavy (non-hydrogen) atoms. The number of ether oxygens (including phenoxy) is 1. The van der Waals surface area contributed by atoms with Gasteiger partial charge in [-0.1, -0.05) is 6.92 Å². The quantitative estimate of drug-likeness (QED) is 0.672. The number of aliphatic hydroxyl groups is 1. The van der Waals surface area contributed by atoms with Crippen LogP contribution in [0.1, 0.15) is 32.6 Å². The molecule has 1 unspecified atom stereocenters. The van der Waals surface area contributed by atoms with Crippen LogP contribution in [0.25, 0.3) is 0 Å². The average molecular weight is 187 g/mol. The fraction of sp³-hybridized carbons (Fsp3) is 1.00. The molecule has 0 aliphatic heterocycles. The maximum absolute atomic E-state index is 9.60. The van der Waals surface area contributed by atoms with Crippen molar-refractivity contribution in [2.75, 3.05) is 13.7 Å². The topological polar surface area (TPSA) is 41.5 Å². The molecule has 1 aliphatic rings. The molecule has 1 aliphatic carbocycles. The molecule has 0 aromatic carbocycles. The Labute approximate surface area is 80.5 Å². The van der Waals surface area contributed by atoms with Gasteiger partial charge in [0.2, 0.25) is 0 Å². The summed E-state index contributed by atoms with van der Waals surface area (Å²) in [5.74, 6) is 0. The molecule has 3 heteroatoms. The second-order valence-corrected chi connectivity index (χ2v) is 3.83. The van der Waals surface area contributed by atoms with Gasteiger partial charge in [0.05, 0.1) is 12.7 Å². The van der Waals surface area contributed by atoms with Gasteiger partial charge in [-0.15, -0.1) is 0 Å². The number of aliphatic hydroxyl groups excluding tert-OH is 1. The largest absolute Gasteiger partial charge is 0.392 e. The lowest BCUT2D eigenvalue weighted by Gasteiger charge is -2.23. The maximum atomic E-state index is 9.60. The van der Waals surface area contributed by atoms with Gasteiger partial charge in [0.25, 0.3) is 0 Å². The van der Waals surface area contributed by atoms with Crippen LogP contribution in [0.3, 0.4) is 0 Å². The monoisotopic (exact) mass is 187 g/mol. The van der Waals surface area contributed by atoms with E-state index in [9.17, 15) is 5.11 Å². The first-order chi connectivity index (χ1) is 6.27. The Morgan fingerprint density at radius 1 is 1.54 bits per heavy atom. The Morgan fingerprint density at radius 3 is 2.77 bits per heavy atom. The van der Waals surface area contributed by atoms with E-state index in [0.29, 0.717) is 12.1 Å². The van der Waals surface area contributed by atoms with E-state index in [1.54, 1.807) is 7.11 Å². The third-order valence-electron chi connectivity index (χ3n) is 2.79. The van der Waals surface area contributed by atoms with Crippen molar-refractivity contribution in [1.82, 2.24) is 5.32 Å². The van der Waals surface area contributed by atoms with Crippen LogP contribution in [0.4, 0.5) is 0 Å². The lowest BCUT2D eigenvalue weighted by molar-refractivity contribution is 0.117. The first kappa shape index (κ1) is 11.0. The third-order valence-corrected chi connectivity index (χ3v) is 2.79. The summed E-state index contributed by atoms with van der Waals surface area (Å²) in [6, 6.07) is 0.683. The summed E-state index contributed by atoms with van der Waals surface area (Å²) in [4.78, 5) is 0. The number of hydrogen-bond donors (Lipinski definition) is 2. The van der Waals surface area contributed by atoms with E-state index in [-0.39, 0.29) is 6.10 Å². The van der Waals surface area contributed by atoms with E-state index in [2.05, 4.69) is 12.2 Å². The summed E-state index contributed by atoms with van der Waals surface area (Å²) in [5.41, 5.74) is 0. The van der Waals surface area contributed by atoms with Gasteiger partial charge in [-0.05, 0) is 25.7 Å². The number of nitrogens with one attached hydrogen (secondary N) is 1. The summed E-state index contributed by atoms with van der Waals surface area (Å²) in [6.07, 6.45) is 4.09. The molecule has 0 radical (unpaired) electrons. The molecule has 78 valence electrons. The van der Waals surface area contributed by atoms with E-state index in [1.165, 1.54) is 0 Å². The van der Waals surface area contributed by atoms with Crippen molar-refractivity contribution in [2.45, 2.75) is 50.8 Å². The first-order valence-corrected chi connectivity index (χ1v) is 5.21. The average Bonchev–Trinajstić information content (AvgIpc) is 2.51. The SMILES string of the molecule is CCC(COC)N[C@@H]1CCC[C@H]1O. The van der Waals surface area contributed by atoms with Gasteiger partial charge in [0, 0.05) is 19.2 Å². The number of rotatable bonds is 5. The zero-order valence-electron chi connectivity index (χ0n) is 8.62. The lowest BCUT2D eigenvalue weighted by atomic mass is 10.1. The number of methoxy groups -OCH3 is 1. The molecule has 0 aromatic heterocycles. The summed E-state index contributed by atoms with van der Waals surface area (Å²) >= 11 is 0. The molecule has 0 heterocycles. The van der Waals surface area contributed by atoms with Gasteiger partial charge in [0.1, 0.15) is 0 Å². The Morgan fingerprint density at radius 2 is 2.31 bits per heavy atom. The fourth-order valence-corrected chi connectivity index (χ4v) is 1.92. The van der Waals surface area contributed by atoms with Gasteiger partial charge >= 0.3 is 0 Å². The Balaban J connectivity index is 2.27. The van der Waals surface area contributed by atoms with E-state index in [0.717, 1.165) is 32.3 Å². The lowest BCUT2D eigenvalue weighted by Crippen LogP contribution is -2.44. The minimum Gasteiger partial charge on any atom is -0.392 e. The van der Waals surface area contributed by atoms with E-state index in [4.69, 9.17) is 4.74 Å². The van der Waals surface area contributed by atoms with E-state index >= 15 is 0 Å². The highest BCUT2D eigenvalue weighted by Crippen LogP contribution is 2.19. The molecule has 0 amide bonds. The highest BCUT2D eigenvalue weighted by atomic mass is 16.5. The number of hydrogen-bond acceptors (Lipinski definition) is 3. The Bertz CT molecular complexity index is 141. The Hall–Kier alpha value is -0.120. The van der Waals surface area contributed by atoms with Gasteiger partial charge in [-0.3, -0.25) is 0 Å².